The van der Waals surface area contributed by atoms with E-state index in [4.69, 9.17) is 51.5 Å². The summed E-state index contributed by atoms with van der Waals surface area (Å²) in [5, 5.41) is 10.9. The molecule has 4 aromatic rings. The number of alkyl halides is 1. The maximum atomic E-state index is 11.2. The van der Waals surface area contributed by atoms with Gasteiger partial charge in [0.1, 0.15) is 0 Å². The molecule has 0 unspecified atom stereocenters. The summed E-state index contributed by atoms with van der Waals surface area (Å²) in [5.74, 6) is -0.00596. The molecule has 32 heavy (non-hydrogen) atoms. The highest BCUT2D eigenvalue weighted by Crippen LogP contribution is 2.29. The van der Waals surface area contributed by atoms with E-state index >= 15 is 0 Å². The summed E-state index contributed by atoms with van der Waals surface area (Å²) >= 11 is 27.1. The standard InChI is InChI=1S/C10H6Cl2N4O2S2.C8H5BrCl2O/c11-6-2-1-5(3-7(6)12)8-4-16-9(14-8)19-10(15-16)20(13,17)18;9-4-8(12)5-1-2-6(10)7(11)3-5/h1-4H,(H2,13,17,18);1-3H,4H2. The lowest BCUT2D eigenvalue weighted by molar-refractivity contribution is 0.102. The maximum Gasteiger partial charge on any atom is 0.267 e. The molecule has 0 saturated carbocycles. The minimum absolute atomic E-state index is 0.00596. The fourth-order valence-electron chi connectivity index (χ4n) is 2.34. The van der Waals surface area contributed by atoms with Crippen LogP contribution in [0.25, 0.3) is 16.2 Å². The minimum atomic E-state index is -3.82. The third kappa shape index (κ3) is 6.00. The van der Waals surface area contributed by atoms with Gasteiger partial charge in [-0.3, -0.25) is 4.79 Å². The summed E-state index contributed by atoms with van der Waals surface area (Å²) in [6.45, 7) is 0. The quantitative estimate of drug-likeness (QED) is 0.224. The molecule has 0 saturated heterocycles. The van der Waals surface area contributed by atoms with Crippen LogP contribution in [0.3, 0.4) is 0 Å². The number of rotatable bonds is 4. The van der Waals surface area contributed by atoms with Crippen molar-refractivity contribution >= 4 is 94.4 Å². The molecule has 0 bridgehead atoms. The number of imidazole rings is 1. The highest BCUT2D eigenvalue weighted by molar-refractivity contribution is 9.09. The number of halogens is 5. The number of aromatic nitrogens is 3. The second kappa shape index (κ2) is 10.4. The Kier molecular flexibility index (Phi) is 8.21. The highest BCUT2D eigenvalue weighted by atomic mass is 79.9. The van der Waals surface area contributed by atoms with Crippen molar-refractivity contribution in [3.63, 3.8) is 0 Å². The maximum absolute atomic E-state index is 11.2. The van der Waals surface area contributed by atoms with E-state index in [2.05, 4.69) is 26.0 Å². The zero-order valence-electron chi connectivity index (χ0n) is 15.6. The van der Waals surface area contributed by atoms with E-state index in [1.807, 2.05) is 0 Å². The predicted octanol–water partition coefficient (Wildman–Crippen LogP) is 5.98. The molecule has 14 heteroatoms. The van der Waals surface area contributed by atoms with Crippen molar-refractivity contribution in [2.45, 2.75) is 4.34 Å². The molecule has 7 nitrogen and oxygen atoms in total. The first-order valence-electron chi connectivity index (χ1n) is 8.38. The molecule has 2 aromatic heterocycles. The number of nitrogens with two attached hydrogens (primary N) is 1. The van der Waals surface area contributed by atoms with E-state index in [1.54, 1.807) is 42.6 Å². The van der Waals surface area contributed by atoms with Crippen LogP contribution in [0.2, 0.25) is 20.1 Å². The van der Waals surface area contributed by atoms with Gasteiger partial charge in [0.15, 0.2) is 5.78 Å². The first-order chi connectivity index (χ1) is 15.0. The average molecular weight is 617 g/mol. The van der Waals surface area contributed by atoms with E-state index in [1.165, 1.54) is 4.52 Å². The van der Waals surface area contributed by atoms with Gasteiger partial charge in [-0.15, -0.1) is 5.10 Å². The largest absolute Gasteiger partial charge is 0.293 e. The minimum Gasteiger partial charge on any atom is -0.293 e. The Hall–Kier alpha value is -1.24. The van der Waals surface area contributed by atoms with Crippen molar-refractivity contribution in [1.82, 2.24) is 14.6 Å². The number of ketones is 1. The normalized spacial score (nSPS) is 11.3. The number of Topliss-reactive ketones (excluding diaryl/α,β-unsaturated/α-hetero) is 1. The Morgan fingerprint density at radius 2 is 1.66 bits per heavy atom. The van der Waals surface area contributed by atoms with Gasteiger partial charge < -0.3 is 0 Å². The molecule has 4 rings (SSSR count). The van der Waals surface area contributed by atoms with E-state index in [0.29, 0.717) is 41.6 Å². The van der Waals surface area contributed by atoms with Crippen molar-refractivity contribution in [2.75, 3.05) is 5.33 Å². The summed E-state index contributed by atoms with van der Waals surface area (Å²) < 4.78 is 23.6. The van der Waals surface area contributed by atoms with Crippen LogP contribution in [0.1, 0.15) is 10.4 Å². The number of carbonyl (C=O) groups excluding carboxylic acids is 1. The topological polar surface area (TPSA) is 107 Å². The first kappa shape index (κ1) is 25.4. The fourth-order valence-corrected chi connectivity index (χ4v) is 4.76. The molecular weight excluding hydrogens is 606 g/mol. The monoisotopic (exact) mass is 614 g/mol. The van der Waals surface area contributed by atoms with Crippen LogP contribution < -0.4 is 5.14 Å². The lowest BCUT2D eigenvalue weighted by Gasteiger charge is -1.98. The van der Waals surface area contributed by atoms with Crippen molar-refractivity contribution in [3.8, 4) is 11.3 Å². The molecule has 2 heterocycles. The second-order valence-corrected chi connectivity index (χ2v) is 11.0. The summed E-state index contributed by atoms with van der Waals surface area (Å²) in [5.41, 5.74) is 1.94. The molecular formula is C18H11BrCl4N4O3S2. The number of hydrogen-bond acceptors (Lipinski definition) is 6. The van der Waals surface area contributed by atoms with Gasteiger partial charge in [-0.25, -0.2) is 23.1 Å². The van der Waals surface area contributed by atoms with Crippen LogP contribution in [0.4, 0.5) is 0 Å². The lowest BCUT2D eigenvalue weighted by atomic mass is 10.1. The zero-order chi connectivity index (χ0) is 23.6. The van der Waals surface area contributed by atoms with E-state index < -0.39 is 10.0 Å². The first-order valence-corrected chi connectivity index (χ1v) is 13.4. The van der Waals surface area contributed by atoms with Crippen LogP contribution in [0, 0.1) is 0 Å². The van der Waals surface area contributed by atoms with Crippen molar-refractivity contribution < 1.29 is 13.2 Å². The molecule has 0 spiro atoms. The molecule has 0 aliphatic rings. The number of fused-ring (bicyclic) bond motifs is 1. The molecule has 168 valence electrons. The predicted molar refractivity (Wildman–Crippen MR) is 132 cm³/mol. The van der Waals surface area contributed by atoms with Gasteiger partial charge in [0.2, 0.25) is 9.30 Å². The summed E-state index contributed by atoms with van der Waals surface area (Å²) in [7, 11) is -3.82. The van der Waals surface area contributed by atoms with Gasteiger partial charge in [-0.2, -0.15) is 0 Å². The molecule has 0 aliphatic heterocycles. The molecule has 2 N–H and O–H groups in total. The van der Waals surface area contributed by atoms with Gasteiger partial charge in [0.05, 0.1) is 37.3 Å². The number of primary sulfonamides is 1. The molecule has 0 aliphatic carbocycles. The fraction of sp³-hybridized carbons (Fsp3) is 0.0556. The third-order valence-electron chi connectivity index (χ3n) is 3.85. The molecule has 0 amide bonds. The highest BCUT2D eigenvalue weighted by Gasteiger charge is 2.17. The number of nitrogens with zero attached hydrogens (tertiary/aromatic N) is 3. The van der Waals surface area contributed by atoms with Gasteiger partial charge >= 0.3 is 0 Å². The van der Waals surface area contributed by atoms with Crippen molar-refractivity contribution in [3.05, 3.63) is 68.2 Å². The van der Waals surface area contributed by atoms with Crippen molar-refractivity contribution in [1.29, 1.82) is 0 Å². The third-order valence-corrected chi connectivity index (χ3v) is 8.07. The van der Waals surface area contributed by atoms with Crippen LogP contribution in [0.5, 0.6) is 0 Å². The van der Waals surface area contributed by atoms with E-state index in [0.717, 1.165) is 16.9 Å². The Labute approximate surface area is 215 Å². The average Bonchev–Trinajstić information content (AvgIpc) is 3.31. The number of carbonyl (C=O) groups is 1. The molecule has 2 aromatic carbocycles. The van der Waals surface area contributed by atoms with Crippen LogP contribution >= 0.6 is 73.7 Å². The lowest BCUT2D eigenvalue weighted by Crippen LogP contribution is -2.12. The Balaban J connectivity index is 0.000000207. The number of benzene rings is 2. The summed E-state index contributed by atoms with van der Waals surface area (Å²) in [6, 6.07) is 9.93. The summed E-state index contributed by atoms with van der Waals surface area (Å²) in [4.78, 5) is 15.8. The number of sulfonamides is 1. The zero-order valence-corrected chi connectivity index (χ0v) is 21.8. The Morgan fingerprint density at radius 3 is 2.19 bits per heavy atom. The van der Waals surface area contributed by atoms with Gasteiger partial charge in [0, 0.05) is 11.1 Å². The van der Waals surface area contributed by atoms with Gasteiger partial charge in [0.25, 0.3) is 10.0 Å². The van der Waals surface area contributed by atoms with E-state index in [-0.39, 0.29) is 10.1 Å². The van der Waals surface area contributed by atoms with Crippen LogP contribution in [-0.2, 0) is 10.0 Å². The Morgan fingerprint density at radius 1 is 1.03 bits per heavy atom. The van der Waals surface area contributed by atoms with Gasteiger partial charge in [-0.1, -0.05) is 79.7 Å². The molecule has 0 atom stereocenters. The van der Waals surface area contributed by atoms with Crippen molar-refractivity contribution in [2.24, 2.45) is 5.14 Å². The van der Waals surface area contributed by atoms with Gasteiger partial charge in [-0.05, 0) is 30.3 Å². The van der Waals surface area contributed by atoms with Crippen LogP contribution in [-0.4, -0.2) is 34.1 Å². The van der Waals surface area contributed by atoms with E-state index in [9.17, 15) is 13.2 Å². The molecule has 0 fully saturated rings. The SMILES string of the molecule is NS(=O)(=O)c1nn2cc(-c3ccc(Cl)c(Cl)c3)nc2s1.O=C(CBr)c1ccc(Cl)c(Cl)c1. The number of hydrogen-bond donors (Lipinski definition) is 1. The van der Waals surface area contributed by atoms with Crippen LogP contribution in [0.15, 0.2) is 46.9 Å². The summed E-state index contributed by atoms with van der Waals surface area (Å²) in [6.07, 6.45) is 1.60. The molecule has 0 radical (unpaired) electrons. The Bertz CT molecular complexity index is 1390. The smallest absolute Gasteiger partial charge is 0.267 e. The second-order valence-electron chi connectivity index (χ2n) is 6.08.